The molecule has 280 valence electrons. The van der Waals surface area contributed by atoms with Gasteiger partial charge >= 0.3 is 5.97 Å². The number of fused-ring (bicyclic) bond motifs is 1. The summed E-state index contributed by atoms with van der Waals surface area (Å²) in [6.07, 6.45) is 23.3. The van der Waals surface area contributed by atoms with Crippen LogP contribution >= 0.6 is 8.18 Å². The number of hydrogen-bond donors (Lipinski definition) is 3. The summed E-state index contributed by atoms with van der Waals surface area (Å²) in [5.41, 5.74) is 6.14. The number of rotatable bonds is 24. The highest BCUT2D eigenvalue weighted by molar-refractivity contribution is 7.36. The van der Waals surface area contributed by atoms with Crippen LogP contribution in [0.5, 0.6) is 0 Å². The van der Waals surface area contributed by atoms with Crippen LogP contribution in [0.15, 0.2) is 36.7 Å². The molecular formula is C38H57N6O6P. The van der Waals surface area contributed by atoms with Crippen LogP contribution in [-0.4, -0.2) is 61.6 Å². The molecule has 0 amide bonds. The molecule has 0 spiro atoms. The molecule has 3 aromatic rings. The minimum absolute atomic E-state index is 0.110. The van der Waals surface area contributed by atoms with Crippen molar-refractivity contribution in [3.05, 3.63) is 48.0 Å². The number of carbonyl (C=O) groups is 1. The minimum atomic E-state index is -3.03. The first-order valence-corrected chi connectivity index (χ1v) is 20.0. The Hall–Kier alpha value is -3.33. The van der Waals surface area contributed by atoms with Crippen molar-refractivity contribution in [1.82, 2.24) is 24.6 Å². The van der Waals surface area contributed by atoms with Crippen LogP contribution in [0.3, 0.4) is 0 Å². The molecule has 5 atom stereocenters. The molecule has 4 rings (SSSR count). The monoisotopic (exact) mass is 724 g/mol. The van der Waals surface area contributed by atoms with Gasteiger partial charge in [0.25, 0.3) is 8.18 Å². The van der Waals surface area contributed by atoms with Gasteiger partial charge in [-0.25, -0.2) is 20.0 Å². The number of hydrogen-bond acceptors (Lipinski definition) is 10. The first-order chi connectivity index (χ1) is 24.8. The van der Waals surface area contributed by atoms with Crippen molar-refractivity contribution in [2.75, 3.05) is 18.9 Å². The fourth-order valence-corrected chi connectivity index (χ4v) is 7.39. The van der Waals surface area contributed by atoms with Gasteiger partial charge in [-0.3, -0.25) is 13.9 Å². The average Bonchev–Trinajstić information content (AvgIpc) is 3.70. The van der Waals surface area contributed by atoms with Gasteiger partial charge in [0.05, 0.1) is 19.5 Å². The van der Waals surface area contributed by atoms with Crippen LogP contribution in [0.1, 0.15) is 121 Å². The zero-order valence-corrected chi connectivity index (χ0v) is 31.4. The van der Waals surface area contributed by atoms with Gasteiger partial charge in [0.15, 0.2) is 17.1 Å². The smallest absolute Gasteiger partial charge is 0.323 e. The van der Waals surface area contributed by atoms with Gasteiger partial charge in [-0.05, 0) is 25.3 Å². The standard InChI is InChI=1S/C38H57N6O6P/c1-4-6-7-8-9-10-11-12-13-14-15-16-17-21-24-48-37(46)31(25-30-22-19-18-20-23-30)43-51(47)49-27-38(5-2)32(45)26-33(50-38)44-28-40-34-35(39)41-29(3)42-36(34)44/h2,18-20,22-23,28,31-33,45,51H,4,6-17,21,24-27H2,1,3H3,(H,43,47)(H2,39,41,42)/t31-,32-,33+,38+/m0/s1. The summed E-state index contributed by atoms with van der Waals surface area (Å²) < 4.78 is 32.3. The highest BCUT2D eigenvalue weighted by atomic mass is 31.1. The quantitative estimate of drug-likeness (QED) is 0.0377. The second-order valence-electron chi connectivity index (χ2n) is 13.6. The van der Waals surface area contributed by atoms with Gasteiger partial charge < -0.3 is 24.8 Å². The van der Waals surface area contributed by atoms with E-state index in [4.69, 9.17) is 26.2 Å². The average molecular weight is 725 g/mol. The Bertz CT molecular complexity index is 1570. The highest BCUT2D eigenvalue weighted by Gasteiger charge is 2.49. The van der Waals surface area contributed by atoms with E-state index in [1.165, 1.54) is 77.0 Å². The molecule has 1 aliphatic rings. The van der Waals surface area contributed by atoms with E-state index in [2.05, 4.69) is 32.9 Å². The van der Waals surface area contributed by atoms with Crippen molar-refractivity contribution in [2.24, 2.45) is 0 Å². The van der Waals surface area contributed by atoms with Crippen LogP contribution in [0.4, 0.5) is 5.82 Å². The summed E-state index contributed by atoms with van der Waals surface area (Å²) in [5.74, 6) is 2.69. The molecule has 12 nitrogen and oxygen atoms in total. The Labute approximate surface area is 303 Å². The van der Waals surface area contributed by atoms with E-state index in [-0.39, 0.29) is 25.3 Å². The zero-order valence-electron chi connectivity index (χ0n) is 30.4. The summed E-state index contributed by atoms with van der Waals surface area (Å²) in [6.45, 7) is 3.89. The third kappa shape index (κ3) is 12.4. The second kappa shape index (κ2) is 21.3. The Kier molecular flexibility index (Phi) is 16.9. The lowest BCUT2D eigenvalue weighted by Crippen LogP contribution is -2.43. The van der Waals surface area contributed by atoms with Crippen molar-refractivity contribution in [3.63, 3.8) is 0 Å². The number of carbonyl (C=O) groups excluding carboxylic acids is 1. The number of ether oxygens (including phenoxy) is 2. The Morgan fingerprint density at radius 2 is 1.71 bits per heavy atom. The lowest BCUT2D eigenvalue weighted by Gasteiger charge is -2.26. The third-order valence-electron chi connectivity index (χ3n) is 9.44. The van der Waals surface area contributed by atoms with Crippen molar-refractivity contribution in [1.29, 1.82) is 0 Å². The summed E-state index contributed by atoms with van der Waals surface area (Å²) in [4.78, 5) is 26.0. The van der Waals surface area contributed by atoms with E-state index in [1.54, 1.807) is 11.5 Å². The maximum atomic E-state index is 13.2. The number of esters is 1. The third-order valence-corrected chi connectivity index (χ3v) is 10.4. The number of nitrogens with zero attached hydrogens (tertiary/aromatic N) is 4. The number of aromatic nitrogens is 4. The van der Waals surface area contributed by atoms with E-state index in [0.717, 1.165) is 24.8 Å². The molecule has 4 N–H and O–H groups in total. The maximum Gasteiger partial charge on any atom is 0.323 e. The Morgan fingerprint density at radius 1 is 1.08 bits per heavy atom. The number of unbranched alkanes of at least 4 members (excludes halogenated alkanes) is 13. The minimum Gasteiger partial charge on any atom is -0.465 e. The topological polar surface area (TPSA) is 164 Å². The summed E-state index contributed by atoms with van der Waals surface area (Å²) in [7, 11) is -3.03. The summed E-state index contributed by atoms with van der Waals surface area (Å²) in [5, 5.41) is 13.8. The fourth-order valence-electron chi connectivity index (χ4n) is 6.46. The van der Waals surface area contributed by atoms with Crippen LogP contribution < -0.4 is 10.8 Å². The molecule has 1 saturated heterocycles. The molecule has 13 heteroatoms. The highest BCUT2D eigenvalue weighted by Crippen LogP contribution is 2.39. The zero-order chi connectivity index (χ0) is 36.5. The lowest BCUT2D eigenvalue weighted by atomic mass is 9.99. The first-order valence-electron chi connectivity index (χ1n) is 18.7. The molecular weight excluding hydrogens is 667 g/mol. The predicted octanol–water partition coefficient (Wildman–Crippen LogP) is 7.00. The van der Waals surface area contributed by atoms with Gasteiger partial charge in [-0.15, -0.1) is 6.42 Å². The summed E-state index contributed by atoms with van der Waals surface area (Å²) >= 11 is 0. The molecule has 0 radical (unpaired) electrons. The largest absolute Gasteiger partial charge is 0.465 e. The number of nitrogens with one attached hydrogen (secondary N) is 1. The van der Waals surface area contributed by atoms with E-state index >= 15 is 0 Å². The van der Waals surface area contributed by atoms with E-state index in [0.29, 0.717) is 23.6 Å². The molecule has 0 saturated carbocycles. The number of nitrogens with two attached hydrogens (primary N) is 1. The first kappa shape index (κ1) is 40.4. The normalized spacial score (nSPS) is 20.0. The van der Waals surface area contributed by atoms with Gasteiger partial charge in [0.1, 0.15) is 29.7 Å². The molecule has 0 aliphatic carbocycles. The van der Waals surface area contributed by atoms with Crippen LogP contribution in [0.2, 0.25) is 0 Å². The fraction of sp³-hybridized carbons (Fsp3) is 0.632. The molecule has 1 unspecified atom stereocenters. The Morgan fingerprint density at radius 3 is 2.33 bits per heavy atom. The second-order valence-corrected chi connectivity index (χ2v) is 14.7. The number of benzene rings is 1. The van der Waals surface area contributed by atoms with E-state index in [1.807, 2.05) is 30.3 Å². The van der Waals surface area contributed by atoms with Gasteiger partial charge in [-0.2, -0.15) is 0 Å². The predicted molar refractivity (Wildman–Crippen MR) is 200 cm³/mol. The number of aliphatic hydroxyl groups excluding tert-OH is 1. The van der Waals surface area contributed by atoms with Crippen molar-refractivity contribution < 1.29 is 28.5 Å². The number of aryl methyl sites for hydroxylation is 1. The van der Waals surface area contributed by atoms with E-state index in [9.17, 15) is 14.5 Å². The molecule has 3 heterocycles. The molecule has 2 aromatic heterocycles. The maximum absolute atomic E-state index is 13.2. The van der Waals surface area contributed by atoms with Crippen LogP contribution in [-0.2, 0) is 29.8 Å². The van der Waals surface area contributed by atoms with Crippen molar-refractivity contribution >= 4 is 31.1 Å². The van der Waals surface area contributed by atoms with Crippen LogP contribution in [0, 0.1) is 19.3 Å². The molecule has 51 heavy (non-hydrogen) atoms. The number of anilines is 1. The van der Waals surface area contributed by atoms with Crippen LogP contribution in [0.25, 0.3) is 11.2 Å². The van der Waals surface area contributed by atoms with Crippen molar-refractivity contribution in [3.8, 4) is 12.3 Å². The van der Waals surface area contributed by atoms with Gasteiger partial charge in [0, 0.05) is 6.42 Å². The number of imidazole rings is 1. The number of aliphatic hydroxyl groups is 1. The van der Waals surface area contributed by atoms with Gasteiger partial charge in [-0.1, -0.05) is 127 Å². The molecule has 1 fully saturated rings. The number of nitrogen functional groups attached to an aromatic ring is 1. The SMILES string of the molecule is C#C[C@]1(CO[PH](=O)N[C@@H](Cc2ccccc2)C(=O)OCCCCCCCCCCCCCCCC)O[C@@H](n2cnc3c(N)nc(C)nc32)C[C@@H]1O. The molecule has 1 aromatic carbocycles. The molecule has 0 bridgehead atoms. The van der Waals surface area contributed by atoms with Gasteiger partial charge in [0.2, 0.25) is 0 Å². The number of terminal acetylenes is 1. The molecule has 1 aliphatic heterocycles. The lowest BCUT2D eigenvalue weighted by molar-refractivity contribution is -0.145. The summed E-state index contributed by atoms with van der Waals surface area (Å²) in [6, 6.07) is 8.53. The Balaban J connectivity index is 1.21. The van der Waals surface area contributed by atoms with Crippen molar-refractivity contribution in [2.45, 2.75) is 141 Å². The van der Waals surface area contributed by atoms with E-state index < -0.39 is 38.1 Å².